The molecular formula is C11H15ClN4O3. The molecule has 8 heteroatoms. The van der Waals surface area contributed by atoms with Crippen molar-refractivity contribution in [2.75, 3.05) is 18.5 Å². The molecule has 1 aliphatic rings. The summed E-state index contributed by atoms with van der Waals surface area (Å²) in [7, 11) is 0. The molecule has 0 aliphatic heterocycles. The molecule has 1 heterocycles. The van der Waals surface area contributed by atoms with Crippen molar-refractivity contribution in [2.24, 2.45) is 11.7 Å². The van der Waals surface area contributed by atoms with E-state index in [0.29, 0.717) is 12.5 Å². The number of hydrogen-bond donors (Lipinski definition) is 2. The van der Waals surface area contributed by atoms with Crippen LogP contribution in [-0.4, -0.2) is 29.0 Å². The number of rotatable bonds is 6. The summed E-state index contributed by atoms with van der Waals surface area (Å²) in [6.07, 6.45) is 2.84. The largest absolute Gasteiger partial charge is 0.448 e. The summed E-state index contributed by atoms with van der Waals surface area (Å²) in [6, 6.07) is 0. The Morgan fingerprint density at radius 3 is 3.00 bits per heavy atom. The maximum Gasteiger partial charge on any atom is 0.404 e. The molecule has 1 aromatic rings. The third kappa shape index (κ3) is 3.85. The van der Waals surface area contributed by atoms with Gasteiger partial charge in [0.15, 0.2) is 0 Å². The lowest BCUT2D eigenvalue weighted by Crippen LogP contribution is -2.28. The van der Waals surface area contributed by atoms with E-state index < -0.39 is 6.09 Å². The van der Waals surface area contributed by atoms with E-state index in [0.717, 1.165) is 12.8 Å². The SMILES string of the molecule is NC(=O)OCCNc1c(Cl)cnn(CC2CC2)c1=O. The van der Waals surface area contributed by atoms with Gasteiger partial charge in [0.25, 0.3) is 5.56 Å². The van der Waals surface area contributed by atoms with Crippen LogP contribution in [0.4, 0.5) is 10.5 Å². The third-order valence-corrected chi connectivity index (χ3v) is 3.06. The van der Waals surface area contributed by atoms with Gasteiger partial charge in [0.05, 0.1) is 11.2 Å². The van der Waals surface area contributed by atoms with Crippen molar-refractivity contribution in [2.45, 2.75) is 19.4 Å². The molecule has 1 amide bonds. The predicted octanol–water partition coefficient (Wildman–Crippen LogP) is 0.814. The number of primary amides is 1. The Kier molecular flexibility index (Phi) is 4.26. The highest BCUT2D eigenvalue weighted by molar-refractivity contribution is 6.32. The molecule has 7 nitrogen and oxygen atoms in total. The van der Waals surface area contributed by atoms with Crippen LogP contribution in [-0.2, 0) is 11.3 Å². The highest BCUT2D eigenvalue weighted by Gasteiger charge is 2.23. The first-order valence-corrected chi connectivity index (χ1v) is 6.37. The second-order valence-corrected chi connectivity index (χ2v) is 4.80. The van der Waals surface area contributed by atoms with E-state index in [9.17, 15) is 9.59 Å². The summed E-state index contributed by atoms with van der Waals surface area (Å²) in [5, 5.41) is 7.08. The van der Waals surface area contributed by atoms with Gasteiger partial charge in [-0.25, -0.2) is 9.48 Å². The fraction of sp³-hybridized carbons (Fsp3) is 0.545. The lowest BCUT2D eigenvalue weighted by Gasteiger charge is -2.10. The average Bonchev–Trinajstić information content (AvgIpc) is 3.15. The van der Waals surface area contributed by atoms with Crippen LogP contribution in [0.1, 0.15) is 12.8 Å². The highest BCUT2D eigenvalue weighted by atomic mass is 35.5. The molecule has 19 heavy (non-hydrogen) atoms. The van der Waals surface area contributed by atoms with Crippen LogP contribution < -0.4 is 16.6 Å². The number of carbonyl (C=O) groups excluding carboxylic acids is 1. The van der Waals surface area contributed by atoms with Crippen LogP contribution in [0.3, 0.4) is 0 Å². The molecular weight excluding hydrogens is 272 g/mol. The summed E-state index contributed by atoms with van der Waals surface area (Å²) in [6.45, 7) is 0.934. The Labute approximate surface area is 114 Å². The topological polar surface area (TPSA) is 99.2 Å². The Hall–Kier alpha value is -1.76. The Morgan fingerprint density at radius 2 is 2.37 bits per heavy atom. The average molecular weight is 287 g/mol. The van der Waals surface area contributed by atoms with E-state index in [1.165, 1.54) is 10.9 Å². The molecule has 3 N–H and O–H groups in total. The first-order valence-electron chi connectivity index (χ1n) is 5.99. The second kappa shape index (κ2) is 5.92. The Balaban J connectivity index is 2.01. The molecule has 104 valence electrons. The fourth-order valence-electron chi connectivity index (χ4n) is 1.63. The second-order valence-electron chi connectivity index (χ2n) is 4.39. The van der Waals surface area contributed by atoms with Crippen LogP contribution in [0.15, 0.2) is 11.0 Å². The molecule has 1 fully saturated rings. The molecule has 1 saturated carbocycles. The number of nitrogens with two attached hydrogens (primary N) is 1. The standard InChI is InChI=1S/C11H15ClN4O3/c12-8-5-15-16(6-7-1-2-7)10(17)9(8)14-3-4-19-11(13)18/h5,7,14H,1-4,6H2,(H2,13,18). The van der Waals surface area contributed by atoms with Gasteiger partial charge < -0.3 is 15.8 Å². The van der Waals surface area contributed by atoms with Gasteiger partial charge in [0.1, 0.15) is 12.3 Å². The molecule has 1 aromatic heterocycles. The molecule has 1 aliphatic carbocycles. The molecule has 0 unspecified atom stereocenters. The molecule has 2 rings (SSSR count). The number of nitrogens with zero attached hydrogens (tertiary/aromatic N) is 2. The quantitative estimate of drug-likeness (QED) is 0.754. The van der Waals surface area contributed by atoms with Crippen LogP contribution in [0.25, 0.3) is 0 Å². The number of ether oxygens (including phenoxy) is 1. The zero-order valence-electron chi connectivity index (χ0n) is 10.3. The van der Waals surface area contributed by atoms with Crippen LogP contribution >= 0.6 is 11.6 Å². The molecule has 0 aromatic carbocycles. The number of nitrogens with one attached hydrogen (secondary N) is 1. The number of aromatic nitrogens is 2. The normalized spacial score (nSPS) is 14.2. The summed E-state index contributed by atoms with van der Waals surface area (Å²) in [5.41, 5.74) is 4.83. The van der Waals surface area contributed by atoms with Gasteiger partial charge in [-0.2, -0.15) is 5.10 Å². The first kappa shape index (κ1) is 13.7. The minimum Gasteiger partial charge on any atom is -0.448 e. The Bertz CT molecular complexity index is 527. The van der Waals surface area contributed by atoms with E-state index in [4.69, 9.17) is 17.3 Å². The van der Waals surface area contributed by atoms with Crippen molar-refractivity contribution in [3.63, 3.8) is 0 Å². The number of hydrogen-bond acceptors (Lipinski definition) is 5. The van der Waals surface area contributed by atoms with E-state index >= 15 is 0 Å². The molecule has 0 radical (unpaired) electrons. The van der Waals surface area contributed by atoms with Crippen molar-refractivity contribution >= 4 is 23.4 Å². The van der Waals surface area contributed by atoms with Crippen molar-refractivity contribution in [3.8, 4) is 0 Å². The van der Waals surface area contributed by atoms with Gasteiger partial charge in [-0.15, -0.1) is 0 Å². The molecule has 0 atom stereocenters. The van der Waals surface area contributed by atoms with Crippen molar-refractivity contribution in [3.05, 3.63) is 21.6 Å². The van der Waals surface area contributed by atoms with E-state index in [1.807, 2.05) is 0 Å². The number of amides is 1. The van der Waals surface area contributed by atoms with E-state index in [-0.39, 0.29) is 29.4 Å². The molecule has 0 saturated heterocycles. The van der Waals surface area contributed by atoms with Crippen LogP contribution in [0.2, 0.25) is 5.02 Å². The minimum atomic E-state index is -0.853. The summed E-state index contributed by atoms with van der Waals surface area (Å²) >= 11 is 5.92. The predicted molar refractivity (Wildman–Crippen MR) is 70.3 cm³/mol. The maximum absolute atomic E-state index is 12.1. The zero-order chi connectivity index (χ0) is 13.8. The highest BCUT2D eigenvalue weighted by Crippen LogP contribution is 2.30. The lowest BCUT2D eigenvalue weighted by molar-refractivity contribution is 0.161. The van der Waals surface area contributed by atoms with E-state index in [1.54, 1.807) is 0 Å². The smallest absolute Gasteiger partial charge is 0.404 e. The van der Waals surface area contributed by atoms with Gasteiger partial charge in [0, 0.05) is 13.1 Å². The monoisotopic (exact) mass is 286 g/mol. The Morgan fingerprint density at radius 1 is 1.63 bits per heavy atom. The number of anilines is 1. The van der Waals surface area contributed by atoms with Crippen LogP contribution in [0, 0.1) is 5.92 Å². The van der Waals surface area contributed by atoms with E-state index in [2.05, 4.69) is 15.2 Å². The summed E-state index contributed by atoms with van der Waals surface area (Å²) in [5.74, 6) is 0.539. The van der Waals surface area contributed by atoms with Gasteiger partial charge in [-0.3, -0.25) is 4.79 Å². The van der Waals surface area contributed by atoms with Gasteiger partial charge >= 0.3 is 6.09 Å². The van der Waals surface area contributed by atoms with Gasteiger partial charge in [-0.05, 0) is 18.8 Å². The third-order valence-electron chi connectivity index (χ3n) is 2.77. The van der Waals surface area contributed by atoms with Crippen molar-refractivity contribution in [1.82, 2.24) is 9.78 Å². The lowest BCUT2D eigenvalue weighted by atomic mass is 10.4. The maximum atomic E-state index is 12.1. The fourth-order valence-corrected chi connectivity index (χ4v) is 1.82. The first-order chi connectivity index (χ1) is 9.08. The van der Waals surface area contributed by atoms with Crippen molar-refractivity contribution < 1.29 is 9.53 Å². The molecule has 0 bridgehead atoms. The van der Waals surface area contributed by atoms with Crippen molar-refractivity contribution in [1.29, 1.82) is 0 Å². The molecule has 0 spiro atoms. The number of carbonyl (C=O) groups is 1. The minimum absolute atomic E-state index is 0.0655. The van der Waals surface area contributed by atoms with Gasteiger partial charge in [-0.1, -0.05) is 11.6 Å². The van der Waals surface area contributed by atoms with Gasteiger partial charge in [0.2, 0.25) is 0 Å². The number of halogens is 1. The summed E-state index contributed by atoms with van der Waals surface area (Å²) < 4.78 is 5.96. The summed E-state index contributed by atoms with van der Waals surface area (Å²) in [4.78, 5) is 22.5. The zero-order valence-corrected chi connectivity index (χ0v) is 11.0. The van der Waals surface area contributed by atoms with Crippen LogP contribution in [0.5, 0.6) is 0 Å².